The molecular formula is C27H30N2O4. The van der Waals surface area contributed by atoms with Crippen molar-refractivity contribution < 1.29 is 19.1 Å². The molecule has 33 heavy (non-hydrogen) atoms. The molecule has 6 nitrogen and oxygen atoms in total. The van der Waals surface area contributed by atoms with Gasteiger partial charge < -0.3 is 19.4 Å². The van der Waals surface area contributed by atoms with Crippen LogP contribution in [0.3, 0.4) is 0 Å². The molecule has 1 aromatic heterocycles. The van der Waals surface area contributed by atoms with Gasteiger partial charge in [0.25, 0.3) is 0 Å². The number of esters is 1. The highest BCUT2D eigenvalue weighted by Gasteiger charge is 2.30. The number of ether oxygens (including phenoxy) is 2. The Balaban J connectivity index is 1.43. The number of nitrogens with one attached hydrogen (secondary N) is 1. The Hall–Kier alpha value is -3.54. The Kier molecular flexibility index (Phi) is 6.27. The first-order valence-electron chi connectivity index (χ1n) is 11.1. The highest BCUT2D eigenvalue weighted by Crippen LogP contribution is 2.44. The predicted molar refractivity (Wildman–Crippen MR) is 127 cm³/mol. The van der Waals surface area contributed by atoms with E-state index in [0.717, 1.165) is 27.8 Å². The maximum Gasteiger partial charge on any atom is 0.407 e. The molecule has 172 valence electrons. The highest BCUT2D eigenvalue weighted by molar-refractivity contribution is 5.82. The smallest absolute Gasteiger partial charge is 0.407 e. The van der Waals surface area contributed by atoms with Gasteiger partial charge >= 0.3 is 12.1 Å². The van der Waals surface area contributed by atoms with Crippen LogP contribution in [-0.4, -0.2) is 36.4 Å². The number of aromatic nitrogens is 1. The van der Waals surface area contributed by atoms with E-state index < -0.39 is 18.1 Å². The molecule has 0 fully saturated rings. The van der Waals surface area contributed by atoms with Crippen LogP contribution < -0.4 is 5.32 Å². The molecule has 0 bridgehead atoms. The molecule has 1 amide bonds. The van der Waals surface area contributed by atoms with Gasteiger partial charge in [-0.3, -0.25) is 0 Å². The van der Waals surface area contributed by atoms with Crippen molar-refractivity contribution in [2.24, 2.45) is 0 Å². The largest absolute Gasteiger partial charge is 0.467 e. The van der Waals surface area contributed by atoms with Gasteiger partial charge in [0.05, 0.1) is 7.11 Å². The quantitative estimate of drug-likeness (QED) is 0.549. The van der Waals surface area contributed by atoms with E-state index in [1.54, 1.807) is 0 Å². The fourth-order valence-corrected chi connectivity index (χ4v) is 4.33. The fourth-order valence-electron chi connectivity index (χ4n) is 4.33. The van der Waals surface area contributed by atoms with Gasteiger partial charge in [0, 0.05) is 30.3 Å². The molecule has 0 radical (unpaired) electrons. The molecule has 0 aliphatic heterocycles. The third-order valence-corrected chi connectivity index (χ3v) is 6.09. The molecular weight excluding hydrogens is 416 g/mol. The van der Waals surface area contributed by atoms with Gasteiger partial charge in [-0.15, -0.1) is 0 Å². The molecule has 1 aliphatic rings. The van der Waals surface area contributed by atoms with Crippen molar-refractivity contribution in [1.82, 2.24) is 9.88 Å². The zero-order valence-electron chi connectivity index (χ0n) is 19.5. The van der Waals surface area contributed by atoms with Crippen LogP contribution in [0.15, 0.2) is 67.0 Å². The second kappa shape index (κ2) is 9.14. The van der Waals surface area contributed by atoms with Gasteiger partial charge in [-0.2, -0.15) is 0 Å². The lowest BCUT2D eigenvalue weighted by Crippen LogP contribution is -2.43. The number of carbonyl (C=O) groups excluding carboxylic acids is 2. The molecule has 6 heteroatoms. The number of benzene rings is 2. The Morgan fingerprint density at radius 3 is 2.15 bits per heavy atom. The van der Waals surface area contributed by atoms with Crippen molar-refractivity contribution in [3.05, 3.63) is 83.7 Å². The van der Waals surface area contributed by atoms with E-state index in [2.05, 4.69) is 54.9 Å². The van der Waals surface area contributed by atoms with E-state index in [1.807, 2.05) is 42.7 Å². The Morgan fingerprint density at radius 2 is 1.61 bits per heavy atom. The summed E-state index contributed by atoms with van der Waals surface area (Å²) in [6.07, 6.45) is 3.63. The summed E-state index contributed by atoms with van der Waals surface area (Å²) in [5, 5.41) is 2.69. The van der Waals surface area contributed by atoms with E-state index in [9.17, 15) is 9.59 Å². The molecule has 0 saturated heterocycles. The van der Waals surface area contributed by atoms with Crippen molar-refractivity contribution in [2.75, 3.05) is 13.7 Å². The van der Waals surface area contributed by atoms with Crippen LogP contribution in [0.1, 0.15) is 43.4 Å². The molecule has 1 heterocycles. The SMILES string of the molecule is COC(=O)C(Cc1ccn(C(C)(C)C)c1)NC(=O)OCC1c2ccccc2-c2ccccc21. The van der Waals surface area contributed by atoms with Gasteiger partial charge in [0.2, 0.25) is 0 Å². The third-order valence-electron chi connectivity index (χ3n) is 6.09. The summed E-state index contributed by atoms with van der Waals surface area (Å²) in [5.41, 5.74) is 5.47. The van der Waals surface area contributed by atoms with Crippen molar-refractivity contribution in [3.8, 4) is 11.1 Å². The first-order chi connectivity index (χ1) is 15.8. The number of fused-ring (bicyclic) bond motifs is 3. The minimum Gasteiger partial charge on any atom is -0.467 e. The summed E-state index contributed by atoms with van der Waals surface area (Å²) in [4.78, 5) is 25.0. The van der Waals surface area contributed by atoms with E-state index in [0.29, 0.717) is 6.42 Å². The van der Waals surface area contributed by atoms with Gasteiger partial charge in [-0.1, -0.05) is 48.5 Å². The van der Waals surface area contributed by atoms with Crippen LogP contribution in [-0.2, 0) is 26.2 Å². The molecule has 1 unspecified atom stereocenters. The minimum atomic E-state index is -0.832. The molecule has 1 N–H and O–H groups in total. The lowest BCUT2D eigenvalue weighted by atomic mass is 9.98. The van der Waals surface area contributed by atoms with Gasteiger partial charge in [-0.05, 0) is 54.7 Å². The lowest BCUT2D eigenvalue weighted by Gasteiger charge is -2.21. The van der Waals surface area contributed by atoms with Crippen LogP contribution in [0, 0.1) is 0 Å². The summed E-state index contributed by atoms with van der Waals surface area (Å²) in [7, 11) is 1.31. The zero-order valence-corrected chi connectivity index (χ0v) is 19.5. The maximum absolute atomic E-state index is 12.7. The van der Waals surface area contributed by atoms with Crippen molar-refractivity contribution in [2.45, 2.75) is 44.7 Å². The summed E-state index contributed by atoms with van der Waals surface area (Å²) in [5.74, 6) is -0.549. The molecule has 4 rings (SSSR count). The van der Waals surface area contributed by atoms with Gasteiger partial charge in [0.1, 0.15) is 12.6 Å². The Morgan fingerprint density at radius 1 is 1.00 bits per heavy atom. The standard InChI is InChI=1S/C27H30N2O4/c1-27(2,3)29-14-13-18(16-29)15-24(25(30)32-4)28-26(31)33-17-23-21-11-7-5-9-19(21)20-10-6-8-12-22(20)23/h5-14,16,23-24H,15,17H2,1-4H3,(H,28,31). The van der Waals surface area contributed by atoms with Gasteiger partial charge in [0.15, 0.2) is 0 Å². The Labute approximate surface area is 194 Å². The molecule has 0 saturated carbocycles. The lowest BCUT2D eigenvalue weighted by molar-refractivity contribution is -0.143. The summed E-state index contributed by atoms with van der Waals surface area (Å²) in [6.45, 7) is 6.49. The number of alkyl carbamates (subject to hydrolysis) is 1. The number of hydrogen-bond acceptors (Lipinski definition) is 4. The van der Waals surface area contributed by atoms with Crippen molar-refractivity contribution in [3.63, 3.8) is 0 Å². The van der Waals surface area contributed by atoms with Crippen LogP contribution in [0.25, 0.3) is 11.1 Å². The Bertz CT molecular complexity index is 1110. The fraction of sp³-hybridized carbons (Fsp3) is 0.333. The topological polar surface area (TPSA) is 69.6 Å². The minimum absolute atomic E-state index is 0.0412. The average molecular weight is 447 g/mol. The van der Waals surface area contributed by atoms with Crippen LogP contribution in [0.2, 0.25) is 0 Å². The summed E-state index contributed by atoms with van der Waals surface area (Å²) in [6, 6.07) is 17.4. The van der Waals surface area contributed by atoms with E-state index >= 15 is 0 Å². The normalized spacial score (nSPS) is 13.7. The highest BCUT2D eigenvalue weighted by atomic mass is 16.6. The second-order valence-corrected chi connectivity index (χ2v) is 9.35. The van der Waals surface area contributed by atoms with E-state index in [-0.39, 0.29) is 18.1 Å². The summed E-state index contributed by atoms with van der Waals surface area (Å²) < 4.78 is 12.6. The number of methoxy groups -OCH3 is 1. The van der Waals surface area contributed by atoms with Crippen LogP contribution in [0.5, 0.6) is 0 Å². The van der Waals surface area contributed by atoms with E-state index in [4.69, 9.17) is 9.47 Å². The number of hydrogen-bond donors (Lipinski definition) is 1. The summed E-state index contributed by atoms with van der Waals surface area (Å²) >= 11 is 0. The van der Waals surface area contributed by atoms with E-state index in [1.165, 1.54) is 7.11 Å². The number of rotatable bonds is 6. The predicted octanol–water partition coefficient (Wildman–Crippen LogP) is 4.87. The molecule has 1 atom stereocenters. The number of nitrogens with zero attached hydrogens (tertiary/aromatic N) is 1. The van der Waals surface area contributed by atoms with Crippen molar-refractivity contribution in [1.29, 1.82) is 0 Å². The number of carbonyl (C=O) groups is 2. The number of amides is 1. The molecule has 3 aromatic rings. The first-order valence-corrected chi connectivity index (χ1v) is 11.1. The van der Waals surface area contributed by atoms with Crippen molar-refractivity contribution >= 4 is 12.1 Å². The monoisotopic (exact) mass is 446 g/mol. The van der Waals surface area contributed by atoms with Crippen LogP contribution >= 0.6 is 0 Å². The van der Waals surface area contributed by atoms with Gasteiger partial charge in [-0.25, -0.2) is 9.59 Å². The molecule has 1 aliphatic carbocycles. The average Bonchev–Trinajstić information content (AvgIpc) is 3.40. The maximum atomic E-state index is 12.7. The second-order valence-electron chi connectivity index (χ2n) is 9.35. The zero-order chi connectivity index (χ0) is 23.6. The first kappa shape index (κ1) is 22.6. The third kappa shape index (κ3) is 4.80. The molecule has 2 aromatic carbocycles. The molecule has 0 spiro atoms. The van der Waals surface area contributed by atoms with Crippen LogP contribution in [0.4, 0.5) is 4.79 Å².